The first-order valence-corrected chi connectivity index (χ1v) is 8.41. The predicted molar refractivity (Wildman–Crippen MR) is 95.5 cm³/mol. The summed E-state index contributed by atoms with van der Waals surface area (Å²) in [4.78, 5) is 21.8. The highest BCUT2D eigenvalue weighted by molar-refractivity contribution is 5.75. The number of carbonyl (C=O) groups excluding carboxylic acids is 2. The van der Waals surface area contributed by atoms with Crippen molar-refractivity contribution in [3.05, 3.63) is 0 Å². The number of esters is 2. The van der Waals surface area contributed by atoms with Crippen LogP contribution in [0.25, 0.3) is 0 Å². The molecule has 0 aliphatic rings. The van der Waals surface area contributed by atoms with E-state index in [1.807, 2.05) is 7.05 Å². The van der Waals surface area contributed by atoms with Crippen LogP contribution in [-0.4, -0.2) is 65.4 Å². The molecule has 0 heterocycles. The standard InChI is InChI=1S/2C8H18N2O2/c1-10-6-4-3-5-7(9)8(11)12-2;1-10-7(8(11)12-2)5-3-4-6-9/h2*7,10H,3-6,9H2,1-2H3. The number of unbranched alkanes of at least 4 members (excludes halogenated alkanes) is 2. The van der Waals surface area contributed by atoms with Crippen molar-refractivity contribution in [3.8, 4) is 0 Å². The number of nitrogens with two attached hydrogens (primary N) is 2. The van der Waals surface area contributed by atoms with E-state index < -0.39 is 6.04 Å². The molecule has 0 spiro atoms. The van der Waals surface area contributed by atoms with Gasteiger partial charge in [0.1, 0.15) is 12.1 Å². The molecule has 0 fully saturated rings. The summed E-state index contributed by atoms with van der Waals surface area (Å²) >= 11 is 0. The Bertz CT molecular complexity index is 316. The summed E-state index contributed by atoms with van der Waals surface area (Å²) < 4.78 is 9.09. The van der Waals surface area contributed by atoms with Gasteiger partial charge in [0.25, 0.3) is 0 Å². The fraction of sp³-hybridized carbons (Fsp3) is 0.875. The molecule has 144 valence electrons. The van der Waals surface area contributed by atoms with Gasteiger partial charge < -0.3 is 31.6 Å². The summed E-state index contributed by atoms with van der Waals surface area (Å²) in [6, 6.07) is -0.631. The number of likely N-dealkylation sites (N-methyl/N-ethyl adjacent to an activating group) is 1. The third-order valence-corrected chi connectivity index (χ3v) is 3.48. The minimum absolute atomic E-state index is 0.179. The van der Waals surface area contributed by atoms with Crippen molar-refractivity contribution in [1.29, 1.82) is 0 Å². The summed E-state index contributed by atoms with van der Waals surface area (Å²) in [5.41, 5.74) is 10.8. The van der Waals surface area contributed by atoms with Gasteiger partial charge in [0.15, 0.2) is 0 Å². The first kappa shape index (κ1) is 25.0. The zero-order valence-electron chi connectivity index (χ0n) is 15.6. The number of rotatable bonds is 12. The quantitative estimate of drug-likeness (QED) is 0.281. The van der Waals surface area contributed by atoms with Crippen LogP contribution in [0, 0.1) is 0 Å². The Labute approximate surface area is 146 Å². The smallest absolute Gasteiger partial charge is 0.322 e. The Morgan fingerprint density at radius 3 is 2.00 bits per heavy atom. The highest BCUT2D eigenvalue weighted by atomic mass is 16.5. The SMILES string of the molecule is CNC(CCCCN)C(=O)OC.CNCCCCC(N)C(=O)OC. The highest BCUT2D eigenvalue weighted by Crippen LogP contribution is 2.01. The van der Waals surface area contributed by atoms with Crippen molar-refractivity contribution in [3.63, 3.8) is 0 Å². The van der Waals surface area contributed by atoms with Crippen LogP contribution in [0.2, 0.25) is 0 Å². The summed E-state index contributed by atoms with van der Waals surface area (Å²) in [5, 5.41) is 5.92. The molecular formula is C16H36N4O4. The molecule has 0 aromatic rings. The molecule has 2 atom stereocenters. The molecule has 0 radical (unpaired) electrons. The van der Waals surface area contributed by atoms with Gasteiger partial charge in [0.2, 0.25) is 0 Å². The lowest BCUT2D eigenvalue weighted by atomic mass is 10.1. The molecule has 8 heteroatoms. The lowest BCUT2D eigenvalue weighted by Crippen LogP contribution is -2.34. The zero-order chi connectivity index (χ0) is 18.8. The molecule has 0 amide bonds. The molecule has 0 saturated heterocycles. The molecule has 0 rings (SSSR count). The monoisotopic (exact) mass is 348 g/mol. The molecule has 0 aliphatic carbocycles. The van der Waals surface area contributed by atoms with Crippen molar-refractivity contribution >= 4 is 11.9 Å². The van der Waals surface area contributed by atoms with E-state index >= 15 is 0 Å². The van der Waals surface area contributed by atoms with Gasteiger partial charge >= 0.3 is 11.9 Å². The average Bonchev–Trinajstić information content (AvgIpc) is 2.61. The lowest BCUT2D eigenvalue weighted by molar-refractivity contribution is -0.143. The van der Waals surface area contributed by atoms with E-state index in [9.17, 15) is 9.59 Å². The molecule has 0 bridgehead atoms. The van der Waals surface area contributed by atoms with Gasteiger partial charge in [-0.2, -0.15) is 0 Å². The van der Waals surface area contributed by atoms with Gasteiger partial charge in [-0.05, 0) is 52.9 Å². The number of carbonyl (C=O) groups is 2. The lowest BCUT2D eigenvalue weighted by Gasteiger charge is -2.12. The maximum Gasteiger partial charge on any atom is 0.322 e. The van der Waals surface area contributed by atoms with Gasteiger partial charge in [-0.3, -0.25) is 9.59 Å². The number of nitrogens with one attached hydrogen (secondary N) is 2. The van der Waals surface area contributed by atoms with Crippen molar-refractivity contribution < 1.29 is 19.1 Å². The van der Waals surface area contributed by atoms with E-state index in [4.69, 9.17) is 11.5 Å². The molecule has 8 nitrogen and oxygen atoms in total. The molecule has 0 saturated carbocycles. The second kappa shape index (κ2) is 18.1. The summed E-state index contributed by atoms with van der Waals surface area (Å²) in [6.45, 7) is 1.64. The van der Waals surface area contributed by atoms with E-state index in [0.29, 0.717) is 13.0 Å². The molecular weight excluding hydrogens is 312 g/mol. The van der Waals surface area contributed by atoms with Crippen molar-refractivity contribution in [2.24, 2.45) is 11.5 Å². The van der Waals surface area contributed by atoms with Crippen LogP contribution in [0.4, 0.5) is 0 Å². The second-order valence-corrected chi connectivity index (χ2v) is 5.38. The third kappa shape index (κ3) is 14.4. The molecule has 24 heavy (non-hydrogen) atoms. The largest absolute Gasteiger partial charge is 0.468 e. The van der Waals surface area contributed by atoms with Crippen molar-refractivity contribution in [2.45, 2.75) is 50.6 Å². The van der Waals surface area contributed by atoms with Crippen LogP contribution in [0.15, 0.2) is 0 Å². The minimum atomic E-state index is -0.452. The Morgan fingerprint density at radius 1 is 0.958 bits per heavy atom. The van der Waals surface area contributed by atoms with E-state index in [0.717, 1.165) is 38.6 Å². The van der Waals surface area contributed by atoms with Crippen LogP contribution < -0.4 is 22.1 Å². The topological polar surface area (TPSA) is 129 Å². The van der Waals surface area contributed by atoms with Gasteiger partial charge in [0.05, 0.1) is 14.2 Å². The van der Waals surface area contributed by atoms with Crippen molar-refractivity contribution in [2.75, 3.05) is 41.4 Å². The fourth-order valence-corrected chi connectivity index (χ4v) is 1.95. The summed E-state index contributed by atoms with van der Waals surface area (Å²) in [7, 11) is 6.41. The maximum absolute atomic E-state index is 11.0. The third-order valence-electron chi connectivity index (χ3n) is 3.48. The van der Waals surface area contributed by atoms with Crippen LogP contribution in [0.1, 0.15) is 38.5 Å². The Balaban J connectivity index is 0. The zero-order valence-corrected chi connectivity index (χ0v) is 15.6. The van der Waals surface area contributed by atoms with Gasteiger partial charge in [-0.15, -0.1) is 0 Å². The van der Waals surface area contributed by atoms with Crippen LogP contribution in [0.5, 0.6) is 0 Å². The molecule has 0 aromatic carbocycles. The number of hydrogen-bond acceptors (Lipinski definition) is 8. The minimum Gasteiger partial charge on any atom is -0.468 e. The van der Waals surface area contributed by atoms with E-state index in [-0.39, 0.29) is 18.0 Å². The number of methoxy groups -OCH3 is 2. The highest BCUT2D eigenvalue weighted by Gasteiger charge is 2.15. The first-order valence-electron chi connectivity index (χ1n) is 8.41. The number of ether oxygens (including phenoxy) is 2. The van der Waals surface area contributed by atoms with Crippen LogP contribution >= 0.6 is 0 Å². The van der Waals surface area contributed by atoms with Gasteiger partial charge in [0, 0.05) is 0 Å². The average molecular weight is 348 g/mol. The van der Waals surface area contributed by atoms with Gasteiger partial charge in [-0.1, -0.05) is 12.8 Å². The van der Waals surface area contributed by atoms with Crippen molar-refractivity contribution in [1.82, 2.24) is 10.6 Å². The Morgan fingerprint density at radius 2 is 1.54 bits per heavy atom. The first-order chi connectivity index (χ1) is 11.5. The molecule has 0 aliphatic heterocycles. The normalized spacial score (nSPS) is 12.6. The van der Waals surface area contributed by atoms with Gasteiger partial charge in [-0.25, -0.2) is 0 Å². The van der Waals surface area contributed by atoms with E-state index in [1.165, 1.54) is 14.2 Å². The summed E-state index contributed by atoms with van der Waals surface area (Å²) in [6.07, 6.45) is 5.40. The molecule has 6 N–H and O–H groups in total. The number of hydrogen-bond donors (Lipinski definition) is 4. The van der Waals surface area contributed by atoms with E-state index in [1.54, 1.807) is 7.05 Å². The molecule has 0 aromatic heterocycles. The summed E-state index contributed by atoms with van der Waals surface area (Å²) in [5.74, 6) is -0.519. The maximum atomic E-state index is 11.0. The van der Waals surface area contributed by atoms with Crippen LogP contribution in [0.3, 0.4) is 0 Å². The second-order valence-electron chi connectivity index (χ2n) is 5.38. The Hall–Kier alpha value is -1.22. The predicted octanol–water partition coefficient (Wildman–Crippen LogP) is -0.247. The fourth-order valence-electron chi connectivity index (χ4n) is 1.95. The molecule has 2 unspecified atom stereocenters. The Kier molecular flexibility index (Phi) is 18.9. The van der Waals surface area contributed by atoms with E-state index in [2.05, 4.69) is 20.1 Å². The van der Waals surface area contributed by atoms with Crippen LogP contribution in [-0.2, 0) is 19.1 Å².